The van der Waals surface area contributed by atoms with Gasteiger partial charge in [0.25, 0.3) is 0 Å². The summed E-state index contributed by atoms with van der Waals surface area (Å²) in [6, 6.07) is 6.00. The first kappa shape index (κ1) is 18.4. The van der Waals surface area contributed by atoms with Crippen molar-refractivity contribution in [3.63, 3.8) is 0 Å². The number of rotatable bonds is 5. The molecule has 0 aromatic carbocycles. The van der Waals surface area contributed by atoms with Crippen molar-refractivity contribution in [2.24, 2.45) is 0 Å². The molecule has 9 nitrogen and oxygen atoms in total. The van der Waals surface area contributed by atoms with E-state index in [2.05, 4.69) is 37.3 Å². The fourth-order valence-electron chi connectivity index (χ4n) is 3.96. The summed E-state index contributed by atoms with van der Waals surface area (Å²) in [5, 5.41) is 7.17. The fraction of sp³-hybridized carbons (Fsp3) is 0.333. The molecule has 30 heavy (non-hydrogen) atoms. The van der Waals surface area contributed by atoms with E-state index in [1.807, 2.05) is 12.1 Å². The molecule has 0 atom stereocenters. The SMILES string of the molecule is CN(c1cnc2cnn(CC(=O)Nc3cnc4cccnc4c3)c2n1)C1CCCC1. The van der Waals surface area contributed by atoms with Gasteiger partial charge in [0.15, 0.2) is 5.65 Å². The number of fused-ring (bicyclic) bond motifs is 2. The third kappa shape index (κ3) is 3.54. The number of carbonyl (C=O) groups excluding carboxylic acids is 1. The zero-order valence-corrected chi connectivity index (χ0v) is 16.7. The Morgan fingerprint density at radius 1 is 1.13 bits per heavy atom. The van der Waals surface area contributed by atoms with Gasteiger partial charge in [0.2, 0.25) is 5.91 Å². The first-order chi connectivity index (χ1) is 14.7. The maximum Gasteiger partial charge on any atom is 0.246 e. The van der Waals surface area contributed by atoms with Gasteiger partial charge in [0.05, 0.1) is 35.3 Å². The summed E-state index contributed by atoms with van der Waals surface area (Å²) < 4.78 is 1.58. The van der Waals surface area contributed by atoms with E-state index in [-0.39, 0.29) is 12.5 Å². The van der Waals surface area contributed by atoms with Gasteiger partial charge in [-0.1, -0.05) is 12.8 Å². The summed E-state index contributed by atoms with van der Waals surface area (Å²) >= 11 is 0. The Morgan fingerprint density at radius 2 is 1.97 bits per heavy atom. The predicted molar refractivity (Wildman–Crippen MR) is 114 cm³/mol. The van der Waals surface area contributed by atoms with Crippen molar-refractivity contribution in [3.05, 3.63) is 43.0 Å². The van der Waals surface area contributed by atoms with Crippen LogP contribution in [0.2, 0.25) is 0 Å². The normalized spacial score (nSPS) is 14.4. The van der Waals surface area contributed by atoms with E-state index in [9.17, 15) is 4.79 Å². The van der Waals surface area contributed by atoms with Crippen LogP contribution in [0.1, 0.15) is 25.7 Å². The summed E-state index contributed by atoms with van der Waals surface area (Å²) in [6.45, 7) is 0.0367. The molecule has 4 heterocycles. The fourth-order valence-corrected chi connectivity index (χ4v) is 3.96. The van der Waals surface area contributed by atoms with Gasteiger partial charge in [0.1, 0.15) is 17.9 Å². The van der Waals surface area contributed by atoms with Crippen LogP contribution in [0.3, 0.4) is 0 Å². The Balaban J connectivity index is 1.34. The molecule has 1 saturated carbocycles. The van der Waals surface area contributed by atoms with E-state index in [1.165, 1.54) is 25.7 Å². The van der Waals surface area contributed by atoms with Gasteiger partial charge in [-0.25, -0.2) is 14.6 Å². The molecule has 0 bridgehead atoms. The van der Waals surface area contributed by atoms with Crippen molar-refractivity contribution in [2.75, 3.05) is 17.3 Å². The maximum atomic E-state index is 12.6. The quantitative estimate of drug-likeness (QED) is 0.548. The summed E-state index contributed by atoms with van der Waals surface area (Å²) in [6.07, 6.45) is 11.6. The standard InChI is InChI=1S/C21H22N8O/c1-28(15-5-2-3-6-15)19-12-24-18-11-25-29(21(18)27-19)13-20(30)26-14-9-17-16(23-10-14)7-4-8-22-17/h4,7-12,15H,2-3,5-6,13H2,1H3,(H,26,30). The van der Waals surface area contributed by atoms with Crippen LogP contribution in [-0.4, -0.2) is 48.7 Å². The highest BCUT2D eigenvalue weighted by Crippen LogP contribution is 2.26. The van der Waals surface area contributed by atoms with Crippen LogP contribution < -0.4 is 10.2 Å². The number of nitrogens with zero attached hydrogens (tertiary/aromatic N) is 7. The second-order valence-electron chi connectivity index (χ2n) is 7.60. The first-order valence-electron chi connectivity index (χ1n) is 10.1. The van der Waals surface area contributed by atoms with Crippen molar-refractivity contribution in [2.45, 2.75) is 38.3 Å². The second-order valence-corrected chi connectivity index (χ2v) is 7.60. The third-order valence-corrected chi connectivity index (χ3v) is 5.59. The molecule has 1 aliphatic rings. The maximum absolute atomic E-state index is 12.6. The van der Waals surface area contributed by atoms with Crippen molar-refractivity contribution in [1.82, 2.24) is 29.7 Å². The minimum Gasteiger partial charge on any atom is -0.355 e. The molecule has 5 rings (SSSR count). The zero-order valence-electron chi connectivity index (χ0n) is 16.7. The third-order valence-electron chi connectivity index (χ3n) is 5.59. The lowest BCUT2D eigenvalue weighted by atomic mass is 10.2. The Morgan fingerprint density at radius 3 is 2.83 bits per heavy atom. The van der Waals surface area contributed by atoms with Gasteiger partial charge in [-0.15, -0.1) is 0 Å². The number of aromatic nitrogens is 6. The van der Waals surface area contributed by atoms with Crippen LogP contribution in [0.4, 0.5) is 11.5 Å². The largest absolute Gasteiger partial charge is 0.355 e. The first-order valence-corrected chi connectivity index (χ1v) is 10.1. The molecular formula is C21H22N8O. The molecule has 1 N–H and O–H groups in total. The van der Waals surface area contributed by atoms with E-state index >= 15 is 0 Å². The van der Waals surface area contributed by atoms with E-state index in [1.54, 1.807) is 35.5 Å². The molecule has 0 aliphatic heterocycles. The van der Waals surface area contributed by atoms with Crippen LogP contribution in [0.25, 0.3) is 22.2 Å². The molecule has 1 aliphatic carbocycles. The topological polar surface area (TPSA) is 102 Å². The van der Waals surface area contributed by atoms with Gasteiger partial charge in [-0.3, -0.25) is 14.8 Å². The van der Waals surface area contributed by atoms with Crippen LogP contribution in [0.15, 0.2) is 43.0 Å². The second kappa shape index (κ2) is 7.66. The van der Waals surface area contributed by atoms with E-state index in [0.29, 0.717) is 22.9 Å². The lowest BCUT2D eigenvalue weighted by molar-refractivity contribution is -0.116. The molecule has 0 radical (unpaired) electrons. The Labute approximate surface area is 173 Å². The molecule has 9 heteroatoms. The van der Waals surface area contributed by atoms with Crippen LogP contribution in [0, 0.1) is 0 Å². The average molecular weight is 402 g/mol. The minimum absolute atomic E-state index is 0.0367. The van der Waals surface area contributed by atoms with Crippen LogP contribution in [-0.2, 0) is 11.3 Å². The number of nitrogens with one attached hydrogen (secondary N) is 1. The van der Waals surface area contributed by atoms with Gasteiger partial charge >= 0.3 is 0 Å². The minimum atomic E-state index is -0.214. The molecule has 1 fully saturated rings. The Bertz CT molecular complexity index is 1210. The molecular weight excluding hydrogens is 380 g/mol. The van der Waals surface area contributed by atoms with Gasteiger partial charge in [0, 0.05) is 19.3 Å². The molecule has 1 amide bonds. The summed E-state index contributed by atoms with van der Waals surface area (Å²) in [7, 11) is 2.06. The molecule has 0 saturated heterocycles. The number of hydrogen-bond donors (Lipinski definition) is 1. The number of carbonyl (C=O) groups is 1. The van der Waals surface area contributed by atoms with E-state index in [4.69, 9.17) is 4.98 Å². The summed E-state index contributed by atoms with van der Waals surface area (Å²) in [5.41, 5.74) is 3.37. The lowest BCUT2D eigenvalue weighted by Crippen LogP contribution is -2.29. The predicted octanol–water partition coefficient (Wildman–Crippen LogP) is 2.79. The summed E-state index contributed by atoms with van der Waals surface area (Å²) in [4.78, 5) is 32.6. The molecule has 0 spiro atoms. The van der Waals surface area contributed by atoms with E-state index in [0.717, 1.165) is 16.9 Å². The Hall–Kier alpha value is -3.62. The van der Waals surface area contributed by atoms with Crippen molar-refractivity contribution in [1.29, 1.82) is 0 Å². The van der Waals surface area contributed by atoms with Gasteiger partial charge < -0.3 is 10.2 Å². The molecule has 4 aromatic heterocycles. The molecule has 4 aromatic rings. The van der Waals surface area contributed by atoms with Crippen LogP contribution in [0.5, 0.6) is 0 Å². The zero-order chi connectivity index (χ0) is 20.5. The van der Waals surface area contributed by atoms with Gasteiger partial charge in [-0.2, -0.15) is 5.10 Å². The van der Waals surface area contributed by atoms with Crippen LogP contribution >= 0.6 is 0 Å². The monoisotopic (exact) mass is 402 g/mol. The van der Waals surface area contributed by atoms with E-state index < -0.39 is 0 Å². The summed E-state index contributed by atoms with van der Waals surface area (Å²) in [5.74, 6) is 0.592. The molecule has 152 valence electrons. The highest BCUT2D eigenvalue weighted by atomic mass is 16.2. The van der Waals surface area contributed by atoms with Crippen molar-refractivity contribution in [3.8, 4) is 0 Å². The average Bonchev–Trinajstić information content (AvgIpc) is 3.43. The lowest BCUT2D eigenvalue weighted by Gasteiger charge is -2.24. The van der Waals surface area contributed by atoms with Gasteiger partial charge in [-0.05, 0) is 31.0 Å². The number of anilines is 2. The number of amides is 1. The highest BCUT2D eigenvalue weighted by Gasteiger charge is 2.21. The Kier molecular flexibility index (Phi) is 4.70. The smallest absolute Gasteiger partial charge is 0.246 e. The van der Waals surface area contributed by atoms with Crippen molar-refractivity contribution < 1.29 is 4.79 Å². The highest BCUT2D eigenvalue weighted by molar-refractivity contribution is 5.92. The van der Waals surface area contributed by atoms with Crippen molar-refractivity contribution >= 4 is 39.6 Å². The number of pyridine rings is 2. The number of hydrogen-bond acceptors (Lipinski definition) is 7. The molecule has 0 unspecified atom stereocenters.